The fourth-order valence-electron chi connectivity index (χ4n) is 1.12. The Morgan fingerprint density at radius 1 is 1.25 bits per heavy atom. The smallest absolute Gasteiger partial charge is 0.254 e. The van der Waals surface area contributed by atoms with Gasteiger partial charge in [-0.05, 0) is 5.92 Å². The topological polar surface area (TPSA) is 60.8 Å². The molecular formula is C10H12N4OS. The van der Waals surface area contributed by atoms with E-state index in [9.17, 15) is 0 Å². The van der Waals surface area contributed by atoms with E-state index < -0.39 is 0 Å². The lowest BCUT2D eigenvalue weighted by atomic mass is 10.2. The van der Waals surface area contributed by atoms with Crippen LogP contribution in [-0.2, 0) is 0 Å². The Kier molecular flexibility index (Phi) is 3.40. The summed E-state index contributed by atoms with van der Waals surface area (Å²) in [6.07, 6.45) is 4.88. The number of hydrogen-bond acceptors (Lipinski definition) is 6. The summed E-state index contributed by atoms with van der Waals surface area (Å²) in [4.78, 5) is 7.89. The van der Waals surface area contributed by atoms with Crippen molar-refractivity contribution in [2.24, 2.45) is 5.92 Å². The first-order valence-electron chi connectivity index (χ1n) is 4.98. The molecule has 0 N–H and O–H groups in total. The molecule has 0 radical (unpaired) electrons. The van der Waals surface area contributed by atoms with E-state index in [1.54, 1.807) is 12.4 Å². The Hall–Kier alpha value is -1.56. The SMILES string of the molecule is CC(C)COc1nsnc1-c1cncnc1. The summed E-state index contributed by atoms with van der Waals surface area (Å²) < 4.78 is 13.9. The van der Waals surface area contributed by atoms with Crippen LogP contribution in [0.4, 0.5) is 0 Å². The van der Waals surface area contributed by atoms with Crippen LogP contribution in [0.5, 0.6) is 5.88 Å². The van der Waals surface area contributed by atoms with Gasteiger partial charge in [0.05, 0.1) is 18.3 Å². The van der Waals surface area contributed by atoms with Gasteiger partial charge in [0.15, 0.2) is 5.69 Å². The molecule has 0 aromatic carbocycles. The van der Waals surface area contributed by atoms with E-state index in [2.05, 4.69) is 32.6 Å². The van der Waals surface area contributed by atoms with E-state index in [1.807, 2.05) is 0 Å². The average molecular weight is 236 g/mol. The van der Waals surface area contributed by atoms with Gasteiger partial charge < -0.3 is 4.74 Å². The van der Waals surface area contributed by atoms with E-state index in [0.717, 1.165) is 17.3 Å². The highest BCUT2D eigenvalue weighted by atomic mass is 32.1. The van der Waals surface area contributed by atoms with Crippen molar-refractivity contribution in [2.45, 2.75) is 13.8 Å². The number of nitrogens with zero attached hydrogens (tertiary/aromatic N) is 4. The van der Waals surface area contributed by atoms with Crippen LogP contribution in [0.1, 0.15) is 13.8 Å². The summed E-state index contributed by atoms with van der Waals surface area (Å²) in [6.45, 7) is 4.81. The van der Waals surface area contributed by atoms with Gasteiger partial charge in [0, 0.05) is 18.0 Å². The molecule has 0 aliphatic rings. The summed E-state index contributed by atoms with van der Waals surface area (Å²) in [5.41, 5.74) is 1.54. The maximum absolute atomic E-state index is 5.57. The van der Waals surface area contributed by atoms with Crippen LogP contribution in [0, 0.1) is 5.92 Å². The lowest BCUT2D eigenvalue weighted by molar-refractivity contribution is 0.264. The Labute approximate surface area is 97.9 Å². The maximum atomic E-state index is 5.57. The van der Waals surface area contributed by atoms with E-state index in [1.165, 1.54) is 6.33 Å². The second kappa shape index (κ2) is 4.98. The van der Waals surface area contributed by atoms with Gasteiger partial charge in [-0.2, -0.15) is 4.37 Å². The maximum Gasteiger partial charge on any atom is 0.254 e. The van der Waals surface area contributed by atoms with Gasteiger partial charge in [0.2, 0.25) is 0 Å². The molecular weight excluding hydrogens is 224 g/mol. The first-order chi connectivity index (χ1) is 7.77. The molecule has 2 aromatic heterocycles. The lowest BCUT2D eigenvalue weighted by Crippen LogP contribution is -2.05. The molecule has 0 bridgehead atoms. The minimum Gasteiger partial charge on any atom is -0.475 e. The fraction of sp³-hybridized carbons (Fsp3) is 0.400. The number of aromatic nitrogens is 4. The lowest BCUT2D eigenvalue weighted by Gasteiger charge is -2.06. The molecule has 0 saturated heterocycles. The number of ether oxygens (including phenoxy) is 1. The van der Waals surface area contributed by atoms with E-state index >= 15 is 0 Å². The molecule has 16 heavy (non-hydrogen) atoms. The molecule has 2 rings (SSSR count). The zero-order valence-electron chi connectivity index (χ0n) is 9.12. The third kappa shape index (κ3) is 2.52. The van der Waals surface area contributed by atoms with Crippen molar-refractivity contribution in [3.63, 3.8) is 0 Å². The van der Waals surface area contributed by atoms with Crippen molar-refractivity contribution < 1.29 is 4.74 Å². The van der Waals surface area contributed by atoms with Crippen molar-refractivity contribution >= 4 is 11.7 Å². The normalized spacial score (nSPS) is 10.7. The molecule has 5 nitrogen and oxygen atoms in total. The van der Waals surface area contributed by atoms with E-state index in [0.29, 0.717) is 24.1 Å². The van der Waals surface area contributed by atoms with Gasteiger partial charge in [-0.25, -0.2) is 9.97 Å². The van der Waals surface area contributed by atoms with Crippen LogP contribution in [-0.4, -0.2) is 25.3 Å². The van der Waals surface area contributed by atoms with Gasteiger partial charge in [-0.15, -0.1) is 4.37 Å². The molecule has 0 saturated carbocycles. The summed E-state index contributed by atoms with van der Waals surface area (Å²) in [5, 5.41) is 0. The third-order valence-electron chi connectivity index (χ3n) is 1.85. The van der Waals surface area contributed by atoms with Crippen LogP contribution in [0.25, 0.3) is 11.3 Å². The standard InChI is InChI=1S/C10H12N4OS/c1-7(2)5-15-10-9(13-16-14-10)8-3-11-6-12-4-8/h3-4,6-7H,5H2,1-2H3. The molecule has 2 heterocycles. The molecule has 0 aliphatic carbocycles. The summed E-state index contributed by atoms with van der Waals surface area (Å²) in [7, 11) is 0. The largest absolute Gasteiger partial charge is 0.475 e. The predicted molar refractivity (Wildman–Crippen MR) is 61.3 cm³/mol. The quantitative estimate of drug-likeness (QED) is 0.812. The molecule has 0 unspecified atom stereocenters. The van der Waals surface area contributed by atoms with Crippen LogP contribution >= 0.6 is 11.7 Å². The third-order valence-corrected chi connectivity index (χ3v) is 2.36. The Morgan fingerprint density at radius 3 is 2.69 bits per heavy atom. The van der Waals surface area contributed by atoms with Gasteiger partial charge >= 0.3 is 0 Å². The van der Waals surface area contributed by atoms with Gasteiger partial charge in [0.1, 0.15) is 6.33 Å². The van der Waals surface area contributed by atoms with Gasteiger partial charge in [-0.3, -0.25) is 0 Å². The van der Waals surface area contributed by atoms with Crippen molar-refractivity contribution in [2.75, 3.05) is 6.61 Å². The minimum absolute atomic E-state index is 0.460. The Morgan fingerprint density at radius 2 is 2.00 bits per heavy atom. The zero-order valence-corrected chi connectivity index (χ0v) is 9.94. The monoisotopic (exact) mass is 236 g/mol. The second-order valence-corrected chi connectivity index (χ2v) is 4.28. The first kappa shape index (κ1) is 10.9. The zero-order chi connectivity index (χ0) is 11.4. The highest BCUT2D eigenvalue weighted by molar-refractivity contribution is 6.99. The summed E-state index contributed by atoms with van der Waals surface area (Å²) in [6, 6.07) is 0. The van der Waals surface area contributed by atoms with Crippen LogP contribution in [0.3, 0.4) is 0 Å². The Balaban J connectivity index is 2.19. The van der Waals surface area contributed by atoms with E-state index in [-0.39, 0.29) is 0 Å². The molecule has 0 atom stereocenters. The van der Waals surface area contributed by atoms with Crippen LogP contribution in [0.2, 0.25) is 0 Å². The van der Waals surface area contributed by atoms with Crippen molar-refractivity contribution in [3.05, 3.63) is 18.7 Å². The molecule has 84 valence electrons. The molecule has 0 aliphatic heterocycles. The Bertz CT molecular complexity index is 443. The van der Waals surface area contributed by atoms with Crippen molar-refractivity contribution in [1.29, 1.82) is 0 Å². The minimum atomic E-state index is 0.460. The van der Waals surface area contributed by atoms with Crippen LogP contribution < -0.4 is 4.74 Å². The average Bonchev–Trinajstić information content (AvgIpc) is 2.75. The number of hydrogen-bond donors (Lipinski definition) is 0. The number of rotatable bonds is 4. The summed E-state index contributed by atoms with van der Waals surface area (Å²) in [5.74, 6) is 1.02. The van der Waals surface area contributed by atoms with Gasteiger partial charge in [-0.1, -0.05) is 13.8 Å². The molecule has 0 amide bonds. The second-order valence-electron chi connectivity index (χ2n) is 3.75. The molecule has 0 fully saturated rings. The first-order valence-corrected chi connectivity index (χ1v) is 5.71. The molecule has 0 spiro atoms. The van der Waals surface area contributed by atoms with Crippen molar-refractivity contribution in [3.8, 4) is 17.1 Å². The highest BCUT2D eigenvalue weighted by Gasteiger charge is 2.12. The molecule has 6 heteroatoms. The predicted octanol–water partition coefficient (Wildman–Crippen LogP) is 2.03. The van der Waals surface area contributed by atoms with E-state index in [4.69, 9.17) is 4.74 Å². The fourth-order valence-corrected chi connectivity index (χ4v) is 1.64. The van der Waals surface area contributed by atoms with Gasteiger partial charge in [0.25, 0.3) is 5.88 Å². The highest BCUT2D eigenvalue weighted by Crippen LogP contribution is 2.26. The summed E-state index contributed by atoms with van der Waals surface area (Å²) >= 11 is 1.13. The van der Waals surface area contributed by atoms with Crippen molar-refractivity contribution in [1.82, 2.24) is 18.7 Å². The van der Waals surface area contributed by atoms with Crippen LogP contribution in [0.15, 0.2) is 18.7 Å². The molecule has 2 aromatic rings.